The fourth-order valence-corrected chi connectivity index (χ4v) is 1.17. The minimum Gasteiger partial charge on any atom is -0.382 e. The molecule has 3 N–H and O–H groups in total. The van der Waals surface area contributed by atoms with Crippen molar-refractivity contribution in [2.75, 3.05) is 17.6 Å². The molecule has 2 aromatic heterocycles. The van der Waals surface area contributed by atoms with Gasteiger partial charge < -0.3 is 11.1 Å². The molecule has 15 heavy (non-hydrogen) atoms. The summed E-state index contributed by atoms with van der Waals surface area (Å²) < 4.78 is 1.34. The summed E-state index contributed by atoms with van der Waals surface area (Å²) in [5.41, 5.74) is 6.00. The van der Waals surface area contributed by atoms with Crippen molar-refractivity contribution in [3.63, 3.8) is 0 Å². The first-order valence-electron chi connectivity index (χ1n) is 4.41. The molecule has 2 aromatic rings. The van der Waals surface area contributed by atoms with Gasteiger partial charge >= 0.3 is 0 Å². The van der Waals surface area contributed by atoms with Crippen molar-refractivity contribution >= 4 is 17.5 Å². The number of nitrogen functional groups attached to an aromatic ring is 1. The first-order chi connectivity index (χ1) is 7.26. The van der Waals surface area contributed by atoms with Gasteiger partial charge in [-0.25, -0.2) is 4.98 Å². The Kier molecular flexibility index (Phi) is 2.10. The molecule has 7 heteroatoms. The van der Waals surface area contributed by atoms with E-state index in [-0.39, 0.29) is 11.4 Å². The lowest BCUT2D eigenvalue weighted by Gasteiger charge is -1.97. The van der Waals surface area contributed by atoms with Gasteiger partial charge in [-0.2, -0.15) is 14.8 Å². The Morgan fingerprint density at radius 2 is 2.47 bits per heavy atom. The van der Waals surface area contributed by atoms with E-state index in [0.29, 0.717) is 18.3 Å². The van der Waals surface area contributed by atoms with Crippen LogP contribution in [0.4, 0.5) is 11.8 Å². The zero-order valence-electron chi connectivity index (χ0n) is 8.10. The van der Waals surface area contributed by atoms with Gasteiger partial charge in [-0.15, -0.1) is 5.10 Å². The van der Waals surface area contributed by atoms with Crippen molar-refractivity contribution in [2.24, 2.45) is 0 Å². The topological polar surface area (TPSA) is 105 Å². The number of anilines is 2. The van der Waals surface area contributed by atoms with Gasteiger partial charge in [0.05, 0.1) is 6.20 Å². The summed E-state index contributed by atoms with van der Waals surface area (Å²) >= 11 is 0. The fraction of sp³-hybridized carbons (Fsp3) is 0.250. The molecule has 2 rings (SSSR count). The number of rotatable bonds is 2. The molecular weight excluding hydrogens is 194 g/mol. The van der Waals surface area contributed by atoms with E-state index in [2.05, 4.69) is 20.4 Å². The lowest BCUT2D eigenvalue weighted by atomic mass is 10.3. The summed E-state index contributed by atoms with van der Waals surface area (Å²) in [6.07, 6.45) is 1.38. The van der Waals surface area contributed by atoms with Gasteiger partial charge in [-0.1, -0.05) is 0 Å². The number of aromatic nitrogens is 4. The molecule has 0 aliphatic heterocycles. The molecule has 0 saturated carbocycles. The largest absolute Gasteiger partial charge is 0.382 e. The van der Waals surface area contributed by atoms with Crippen LogP contribution in [0.3, 0.4) is 0 Å². The Balaban J connectivity index is 2.62. The van der Waals surface area contributed by atoms with Crippen molar-refractivity contribution < 1.29 is 0 Å². The number of hydrogen-bond acceptors (Lipinski definition) is 6. The van der Waals surface area contributed by atoms with Crippen molar-refractivity contribution in [3.05, 3.63) is 11.8 Å². The second-order valence-corrected chi connectivity index (χ2v) is 2.85. The predicted octanol–water partition coefficient (Wildman–Crippen LogP) is 0.00998. The van der Waals surface area contributed by atoms with E-state index in [9.17, 15) is 0 Å². The van der Waals surface area contributed by atoms with Crippen LogP contribution >= 0.6 is 0 Å². The monoisotopic (exact) mass is 203 g/mol. The lowest BCUT2D eigenvalue weighted by Crippen LogP contribution is -2.03. The molecular formula is C8H9N7. The average Bonchev–Trinajstić information content (AvgIpc) is 2.63. The third-order valence-corrected chi connectivity index (χ3v) is 1.86. The van der Waals surface area contributed by atoms with Crippen molar-refractivity contribution in [1.82, 2.24) is 19.6 Å². The summed E-state index contributed by atoms with van der Waals surface area (Å²) in [4.78, 5) is 8.04. The van der Waals surface area contributed by atoms with Crippen LogP contribution in [0.1, 0.15) is 12.5 Å². The molecule has 0 amide bonds. The van der Waals surface area contributed by atoms with Crippen LogP contribution in [0.15, 0.2) is 6.20 Å². The maximum absolute atomic E-state index is 8.74. The summed E-state index contributed by atoms with van der Waals surface area (Å²) in [6, 6.07) is 1.93. The second-order valence-electron chi connectivity index (χ2n) is 2.85. The van der Waals surface area contributed by atoms with Gasteiger partial charge in [-0.3, -0.25) is 0 Å². The normalized spacial score (nSPS) is 10.1. The quantitative estimate of drug-likeness (QED) is 0.712. The van der Waals surface area contributed by atoms with E-state index in [1.165, 1.54) is 10.7 Å². The van der Waals surface area contributed by atoms with Crippen LogP contribution in [-0.2, 0) is 0 Å². The average molecular weight is 203 g/mol. The Hall–Kier alpha value is -2.36. The molecule has 0 unspecified atom stereocenters. The van der Waals surface area contributed by atoms with E-state index in [0.717, 1.165) is 0 Å². The molecule has 0 fully saturated rings. The third-order valence-electron chi connectivity index (χ3n) is 1.86. The van der Waals surface area contributed by atoms with Gasteiger partial charge in [-0.05, 0) is 6.92 Å². The predicted molar refractivity (Wildman–Crippen MR) is 54.1 cm³/mol. The lowest BCUT2D eigenvalue weighted by molar-refractivity contribution is 0.944. The van der Waals surface area contributed by atoms with Crippen LogP contribution in [0, 0.1) is 11.3 Å². The summed E-state index contributed by atoms with van der Waals surface area (Å²) in [5, 5.41) is 15.7. The minimum absolute atomic E-state index is 0.249. The molecule has 76 valence electrons. The van der Waals surface area contributed by atoms with Gasteiger partial charge in [0.2, 0.25) is 5.95 Å². The van der Waals surface area contributed by atoms with Gasteiger partial charge in [0.25, 0.3) is 5.78 Å². The molecule has 7 nitrogen and oxygen atoms in total. The molecule has 0 aliphatic carbocycles. The number of nitrogens with one attached hydrogen (secondary N) is 1. The Labute approximate surface area is 85.6 Å². The second kappa shape index (κ2) is 3.42. The third kappa shape index (κ3) is 1.42. The highest BCUT2D eigenvalue weighted by Crippen LogP contribution is 2.11. The standard InChI is InChI=1S/C8H9N7/c1-2-11-7-13-8-12-4-5(3-9)6(10)15(8)14-7/h4H,2,10H2,1H3,(H,11,14). The van der Waals surface area contributed by atoms with Crippen LogP contribution in [-0.4, -0.2) is 26.1 Å². The molecule has 2 heterocycles. The first-order valence-corrected chi connectivity index (χ1v) is 4.41. The van der Waals surface area contributed by atoms with Crippen molar-refractivity contribution in [1.29, 1.82) is 5.26 Å². The summed E-state index contributed by atoms with van der Waals surface area (Å²) in [7, 11) is 0. The van der Waals surface area contributed by atoms with E-state index in [4.69, 9.17) is 11.0 Å². The molecule has 0 aromatic carbocycles. The highest BCUT2D eigenvalue weighted by atomic mass is 15.4. The Morgan fingerprint density at radius 1 is 1.67 bits per heavy atom. The van der Waals surface area contributed by atoms with E-state index in [1.54, 1.807) is 0 Å². The minimum atomic E-state index is 0.249. The van der Waals surface area contributed by atoms with Crippen molar-refractivity contribution in [2.45, 2.75) is 6.92 Å². The Bertz CT molecular complexity index is 536. The van der Waals surface area contributed by atoms with Crippen LogP contribution in [0.5, 0.6) is 0 Å². The van der Waals surface area contributed by atoms with E-state index in [1.807, 2.05) is 13.0 Å². The first kappa shape index (κ1) is 9.21. The maximum Gasteiger partial charge on any atom is 0.255 e. The zero-order valence-corrected chi connectivity index (χ0v) is 8.10. The van der Waals surface area contributed by atoms with Crippen LogP contribution < -0.4 is 11.1 Å². The molecule has 0 radical (unpaired) electrons. The van der Waals surface area contributed by atoms with Gasteiger partial charge in [0.1, 0.15) is 17.5 Å². The number of hydrogen-bond donors (Lipinski definition) is 2. The number of nitrogens with zero attached hydrogens (tertiary/aromatic N) is 5. The van der Waals surface area contributed by atoms with E-state index < -0.39 is 0 Å². The molecule has 0 saturated heterocycles. The number of fused-ring (bicyclic) bond motifs is 1. The Morgan fingerprint density at radius 3 is 3.13 bits per heavy atom. The number of nitriles is 1. The fourth-order valence-electron chi connectivity index (χ4n) is 1.17. The molecule has 0 bridgehead atoms. The highest BCUT2D eigenvalue weighted by molar-refractivity contribution is 5.53. The molecule has 0 aliphatic rings. The summed E-state index contributed by atoms with van der Waals surface area (Å²) in [6.45, 7) is 2.64. The van der Waals surface area contributed by atoms with Crippen molar-refractivity contribution in [3.8, 4) is 6.07 Å². The number of nitrogens with two attached hydrogens (primary N) is 1. The van der Waals surface area contributed by atoms with Gasteiger partial charge in [0, 0.05) is 6.54 Å². The van der Waals surface area contributed by atoms with Gasteiger partial charge in [0.15, 0.2) is 0 Å². The van der Waals surface area contributed by atoms with Crippen LogP contribution in [0.2, 0.25) is 0 Å². The highest BCUT2D eigenvalue weighted by Gasteiger charge is 2.09. The SMILES string of the molecule is CCNc1nc2ncc(C#N)c(N)n2n1. The smallest absolute Gasteiger partial charge is 0.255 e. The van der Waals surface area contributed by atoms with Crippen LogP contribution in [0.25, 0.3) is 5.78 Å². The zero-order chi connectivity index (χ0) is 10.8. The molecule has 0 spiro atoms. The molecule has 0 atom stereocenters. The maximum atomic E-state index is 8.74. The summed E-state index contributed by atoms with van der Waals surface area (Å²) in [5.74, 6) is 1.08. The van der Waals surface area contributed by atoms with E-state index >= 15 is 0 Å².